The molecular weight excluding hydrogens is 322 g/mol. The Balaban J connectivity index is 1.60. The molecule has 1 N–H and O–H groups in total. The van der Waals surface area contributed by atoms with Gasteiger partial charge in [-0.2, -0.15) is 0 Å². The molecule has 7 heteroatoms. The number of amides is 1. The van der Waals surface area contributed by atoms with E-state index < -0.39 is 4.92 Å². The standard InChI is InChI=1S/C18H19N3O4/c22-16-7-5-15(6-8-16)19-9-11-20(12-10-19)18(23)13-14-3-1-2-4-17(14)21(24)25/h1-8,22H,9-13H2. The summed E-state index contributed by atoms with van der Waals surface area (Å²) in [5.41, 5.74) is 1.43. The predicted molar refractivity (Wildman–Crippen MR) is 93.7 cm³/mol. The summed E-state index contributed by atoms with van der Waals surface area (Å²) in [6.45, 7) is 2.52. The molecule has 1 heterocycles. The van der Waals surface area contributed by atoms with Crippen LogP contribution < -0.4 is 4.90 Å². The van der Waals surface area contributed by atoms with Crippen molar-refractivity contribution < 1.29 is 14.8 Å². The van der Waals surface area contributed by atoms with E-state index in [1.165, 1.54) is 6.07 Å². The van der Waals surface area contributed by atoms with Crippen LogP contribution in [0.2, 0.25) is 0 Å². The van der Waals surface area contributed by atoms with Crippen molar-refractivity contribution in [2.45, 2.75) is 6.42 Å². The normalized spacial score (nSPS) is 14.4. The van der Waals surface area contributed by atoms with Crippen LogP contribution in [0.25, 0.3) is 0 Å². The Kier molecular flexibility index (Phi) is 4.83. The van der Waals surface area contributed by atoms with E-state index in [0.717, 1.165) is 5.69 Å². The zero-order valence-corrected chi connectivity index (χ0v) is 13.7. The Hall–Kier alpha value is -3.09. The van der Waals surface area contributed by atoms with Crippen LogP contribution in [0.15, 0.2) is 48.5 Å². The molecule has 1 saturated heterocycles. The largest absolute Gasteiger partial charge is 0.508 e. The lowest BCUT2D eigenvalue weighted by Gasteiger charge is -2.36. The number of piperazine rings is 1. The van der Waals surface area contributed by atoms with E-state index in [1.54, 1.807) is 35.2 Å². The smallest absolute Gasteiger partial charge is 0.273 e. The first kappa shape index (κ1) is 16.8. The topological polar surface area (TPSA) is 86.9 Å². The van der Waals surface area contributed by atoms with Crippen molar-refractivity contribution in [2.24, 2.45) is 0 Å². The number of nitro groups is 1. The van der Waals surface area contributed by atoms with Crippen LogP contribution in [0.1, 0.15) is 5.56 Å². The third-order valence-corrected chi connectivity index (χ3v) is 4.38. The second-order valence-electron chi connectivity index (χ2n) is 5.95. The number of anilines is 1. The molecule has 7 nitrogen and oxygen atoms in total. The zero-order valence-electron chi connectivity index (χ0n) is 13.7. The minimum absolute atomic E-state index is 0.0152. The summed E-state index contributed by atoms with van der Waals surface area (Å²) in [4.78, 5) is 27.0. The maximum absolute atomic E-state index is 12.5. The molecule has 3 rings (SSSR count). The van der Waals surface area contributed by atoms with E-state index in [9.17, 15) is 20.0 Å². The Morgan fingerprint density at radius 1 is 1.04 bits per heavy atom. The number of para-hydroxylation sites is 1. The predicted octanol–water partition coefficient (Wildman–Crippen LogP) is 2.19. The summed E-state index contributed by atoms with van der Waals surface area (Å²) in [6.07, 6.45) is 0.0381. The molecule has 130 valence electrons. The SMILES string of the molecule is O=C(Cc1ccccc1[N+](=O)[O-])N1CCN(c2ccc(O)cc2)CC1. The molecule has 0 unspecified atom stereocenters. The highest BCUT2D eigenvalue weighted by molar-refractivity contribution is 5.80. The molecule has 2 aromatic rings. The number of aromatic hydroxyl groups is 1. The monoisotopic (exact) mass is 341 g/mol. The second kappa shape index (κ2) is 7.21. The van der Waals surface area contributed by atoms with Crippen LogP contribution in [0, 0.1) is 10.1 Å². The summed E-state index contributed by atoms with van der Waals surface area (Å²) in [7, 11) is 0. The van der Waals surface area contributed by atoms with Crippen LogP contribution in [0.3, 0.4) is 0 Å². The third-order valence-electron chi connectivity index (χ3n) is 4.38. The third kappa shape index (κ3) is 3.88. The van der Waals surface area contributed by atoms with Gasteiger partial charge in [0.1, 0.15) is 5.75 Å². The number of nitrogens with zero attached hydrogens (tertiary/aromatic N) is 3. The van der Waals surface area contributed by atoms with E-state index in [-0.39, 0.29) is 23.8 Å². The average Bonchev–Trinajstić information content (AvgIpc) is 2.63. The number of phenols is 1. The van der Waals surface area contributed by atoms with Gasteiger partial charge in [-0.1, -0.05) is 18.2 Å². The van der Waals surface area contributed by atoms with Crippen molar-refractivity contribution in [2.75, 3.05) is 31.1 Å². The van der Waals surface area contributed by atoms with Crippen molar-refractivity contribution >= 4 is 17.3 Å². The molecule has 0 bridgehead atoms. The van der Waals surface area contributed by atoms with Gasteiger partial charge in [-0.15, -0.1) is 0 Å². The molecule has 0 atom stereocenters. The van der Waals surface area contributed by atoms with Crippen LogP contribution in [0.5, 0.6) is 5.75 Å². The first-order valence-corrected chi connectivity index (χ1v) is 8.08. The lowest BCUT2D eigenvalue weighted by molar-refractivity contribution is -0.385. The number of carbonyl (C=O) groups is 1. The Morgan fingerprint density at radius 3 is 2.32 bits per heavy atom. The fourth-order valence-corrected chi connectivity index (χ4v) is 2.99. The highest BCUT2D eigenvalue weighted by atomic mass is 16.6. The molecule has 0 aromatic heterocycles. The van der Waals surface area contributed by atoms with Crippen molar-refractivity contribution in [3.8, 4) is 5.75 Å². The van der Waals surface area contributed by atoms with Gasteiger partial charge in [-0.05, 0) is 24.3 Å². The number of benzene rings is 2. The van der Waals surface area contributed by atoms with E-state index in [4.69, 9.17) is 0 Å². The first-order chi connectivity index (χ1) is 12.0. The first-order valence-electron chi connectivity index (χ1n) is 8.08. The molecular formula is C18H19N3O4. The molecule has 0 aliphatic carbocycles. The number of carbonyl (C=O) groups excluding carboxylic acids is 1. The van der Waals surface area contributed by atoms with E-state index in [1.807, 2.05) is 12.1 Å². The van der Waals surface area contributed by atoms with Crippen molar-refractivity contribution in [3.63, 3.8) is 0 Å². The van der Waals surface area contributed by atoms with Crippen molar-refractivity contribution in [1.29, 1.82) is 0 Å². The van der Waals surface area contributed by atoms with Gasteiger partial charge >= 0.3 is 0 Å². The van der Waals surface area contributed by atoms with Gasteiger partial charge in [0.25, 0.3) is 5.69 Å². The summed E-state index contributed by atoms with van der Waals surface area (Å²) in [5.74, 6) is 0.127. The molecule has 0 radical (unpaired) electrons. The molecule has 0 saturated carbocycles. The van der Waals surface area contributed by atoms with Gasteiger partial charge in [0.15, 0.2) is 0 Å². The van der Waals surface area contributed by atoms with Crippen LogP contribution in [-0.2, 0) is 11.2 Å². The van der Waals surface area contributed by atoms with Crippen LogP contribution in [0.4, 0.5) is 11.4 Å². The second-order valence-corrected chi connectivity index (χ2v) is 5.95. The van der Waals surface area contributed by atoms with Crippen LogP contribution in [-0.4, -0.2) is 47.0 Å². The highest BCUT2D eigenvalue weighted by Gasteiger charge is 2.23. The number of hydrogen-bond acceptors (Lipinski definition) is 5. The fourth-order valence-electron chi connectivity index (χ4n) is 2.99. The Morgan fingerprint density at radius 2 is 1.68 bits per heavy atom. The minimum atomic E-state index is -0.453. The van der Waals surface area contributed by atoms with Gasteiger partial charge in [-0.3, -0.25) is 14.9 Å². The Labute approximate surface area is 145 Å². The van der Waals surface area contributed by atoms with Gasteiger partial charge in [0.2, 0.25) is 5.91 Å². The zero-order chi connectivity index (χ0) is 17.8. The van der Waals surface area contributed by atoms with Gasteiger partial charge in [0.05, 0.1) is 11.3 Å². The summed E-state index contributed by atoms with van der Waals surface area (Å²) < 4.78 is 0. The number of hydrogen-bond donors (Lipinski definition) is 1. The molecule has 25 heavy (non-hydrogen) atoms. The Bertz CT molecular complexity index is 768. The van der Waals surface area contributed by atoms with Crippen molar-refractivity contribution in [3.05, 3.63) is 64.2 Å². The fraction of sp³-hybridized carbons (Fsp3) is 0.278. The maximum Gasteiger partial charge on any atom is 0.273 e. The van der Waals surface area contributed by atoms with E-state index >= 15 is 0 Å². The molecule has 0 spiro atoms. The van der Waals surface area contributed by atoms with E-state index in [2.05, 4.69) is 4.90 Å². The molecule has 1 fully saturated rings. The number of rotatable bonds is 4. The van der Waals surface area contributed by atoms with Crippen molar-refractivity contribution in [1.82, 2.24) is 4.90 Å². The lowest BCUT2D eigenvalue weighted by Crippen LogP contribution is -2.49. The molecule has 2 aromatic carbocycles. The molecule has 1 amide bonds. The van der Waals surface area contributed by atoms with Gasteiger partial charge in [0, 0.05) is 43.5 Å². The van der Waals surface area contributed by atoms with Crippen LogP contribution >= 0.6 is 0 Å². The van der Waals surface area contributed by atoms with Gasteiger partial charge in [-0.25, -0.2) is 0 Å². The van der Waals surface area contributed by atoms with E-state index in [0.29, 0.717) is 31.7 Å². The molecule has 1 aliphatic rings. The molecule has 1 aliphatic heterocycles. The highest BCUT2D eigenvalue weighted by Crippen LogP contribution is 2.21. The van der Waals surface area contributed by atoms with Gasteiger partial charge < -0.3 is 14.9 Å². The average molecular weight is 341 g/mol. The number of phenolic OH excluding ortho intramolecular Hbond substituents is 1. The maximum atomic E-state index is 12.5. The number of nitro benzene ring substituents is 1. The summed E-state index contributed by atoms with van der Waals surface area (Å²) in [5, 5.41) is 20.4. The summed E-state index contributed by atoms with van der Waals surface area (Å²) >= 11 is 0. The quantitative estimate of drug-likeness (QED) is 0.680. The minimum Gasteiger partial charge on any atom is -0.508 e. The lowest BCUT2D eigenvalue weighted by atomic mass is 10.1. The summed E-state index contributed by atoms with van der Waals surface area (Å²) in [6, 6.07) is 13.3.